The van der Waals surface area contributed by atoms with Gasteiger partial charge >= 0.3 is 0 Å². The van der Waals surface area contributed by atoms with Gasteiger partial charge in [-0.3, -0.25) is 4.98 Å². The molecule has 3 nitrogen and oxygen atoms in total. The summed E-state index contributed by atoms with van der Waals surface area (Å²) in [7, 11) is 0. The van der Waals surface area contributed by atoms with Crippen molar-refractivity contribution in [3.8, 4) is 11.3 Å². The Morgan fingerprint density at radius 3 is 2.71 bits per heavy atom. The van der Waals surface area contributed by atoms with Crippen molar-refractivity contribution in [3.63, 3.8) is 0 Å². The van der Waals surface area contributed by atoms with Crippen molar-refractivity contribution in [2.75, 3.05) is 0 Å². The van der Waals surface area contributed by atoms with Gasteiger partial charge in [-0.15, -0.1) is 11.3 Å². The van der Waals surface area contributed by atoms with Crippen LogP contribution in [0, 0.1) is 6.92 Å². The van der Waals surface area contributed by atoms with Crippen LogP contribution in [0.4, 0.5) is 0 Å². The minimum Gasteiger partial charge on any atom is -0.324 e. The predicted octanol–water partition coefficient (Wildman–Crippen LogP) is 3.76. The normalized spacial score (nSPS) is 12.3. The first kappa shape index (κ1) is 13.9. The average molecular weight is 295 g/mol. The molecule has 2 heterocycles. The van der Waals surface area contributed by atoms with E-state index in [-0.39, 0.29) is 6.04 Å². The molecule has 0 aliphatic rings. The van der Waals surface area contributed by atoms with E-state index in [9.17, 15) is 0 Å². The summed E-state index contributed by atoms with van der Waals surface area (Å²) in [4.78, 5) is 8.79. The number of thiazole rings is 1. The summed E-state index contributed by atoms with van der Waals surface area (Å²) >= 11 is 1.65. The molecule has 0 amide bonds. The Labute approximate surface area is 128 Å². The number of aromatic nitrogens is 2. The van der Waals surface area contributed by atoms with E-state index < -0.39 is 0 Å². The van der Waals surface area contributed by atoms with Gasteiger partial charge in [0.15, 0.2) is 0 Å². The summed E-state index contributed by atoms with van der Waals surface area (Å²) in [5.41, 5.74) is 10.7. The van der Waals surface area contributed by atoms with Gasteiger partial charge in [0.05, 0.1) is 10.7 Å². The second kappa shape index (κ2) is 6.16. The van der Waals surface area contributed by atoms with E-state index in [1.54, 1.807) is 17.5 Å². The molecule has 1 atom stereocenters. The molecule has 2 N–H and O–H groups in total. The third kappa shape index (κ3) is 3.35. The van der Waals surface area contributed by atoms with Crippen LogP contribution in [0.3, 0.4) is 0 Å². The Morgan fingerprint density at radius 1 is 1.19 bits per heavy atom. The van der Waals surface area contributed by atoms with Crippen LogP contribution in [0.1, 0.15) is 22.2 Å². The lowest BCUT2D eigenvalue weighted by Crippen LogP contribution is -2.13. The maximum Gasteiger partial charge on any atom is 0.0951 e. The Hall–Kier alpha value is -2.04. The number of nitrogens with zero attached hydrogens (tertiary/aromatic N) is 2. The predicted molar refractivity (Wildman–Crippen MR) is 87.2 cm³/mol. The summed E-state index contributed by atoms with van der Waals surface area (Å²) in [5.74, 6) is 0. The van der Waals surface area contributed by atoms with E-state index in [1.165, 1.54) is 5.56 Å². The van der Waals surface area contributed by atoms with Gasteiger partial charge in [-0.05, 0) is 24.6 Å². The lowest BCUT2D eigenvalue weighted by Gasteiger charge is -2.10. The second-order valence-corrected chi connectivity index (χ2v) is 6.03. The fourth-order valence-corrected chi connectivity index (χ4v) is 3.03. The average Bonchev–Trinajstić information content (AvgIpc) is 2.97. The standard InChI is InChI=1S/C17H17N3S/c1-12-4-6-13(7-5-12)15(18)9-17-20-16(11-21-17)14-3-2-8-19-10-14/h2-8,10-11,15H,9,18H2,1H3. The number of rotatable bonds is 4. The summed E-state index contributed by atoms with van der Waals surface area (Å²) in [6.45, 7) is 2.08. The molecular formula is C17H17N3S. The maximum absolute atomic E-state index is 6.28. The van der Waals surface area contributed by atoms with Crippen LogP contribution in [-0.2, 0) is 6.42 Å². The van der Waals surface area contributed by atoms with Gasteiger partial charge in [0, 0.05) is 35.8 Å². The maximum atomic E-state index is 6.28. The van der Waals surface area contributed by atoms with E-state index in [0.717, 1.165) is 28.2 Å². The van der Waals surface area contributed by atoms with Crippen molar-refractivity contribution in [2.45, 2.75) is 19.4 Å². The van der Waals surface area contributed by atoms with E-state index in [4.69, 9.17) is 5.73 Å². The van der Waals surface area contributed by atoms with Crippen molar-refractivity contribution in [3.05, 3.63) is 70.3 Å². The number of hydrogen-bond acceptors (Lipinski definition) is 4. The van der Waals surface area contributed by atoms with Gasteiger partial charge in [0.25, 0.3) is 0 Å². The summed E-state index contributed by atoms with van der Waals surface area (Å²) in [6, 6.07) is 12.3. The van der Waals surface area contributed by atoms with Gasteiger partial charge in [-0.25, -0.2) is 4.98 Å². The zero-order valence-electron chi connectivity index (χ0n) is 11.9. The van der Waals surface area contributed by atoms with Gasteiger partial charge in [-0.1, -0.05) is 29.8 Å². The number of benzene rings is 1. The number of nitrogens with two attached hydrogens (primary N) is 1. The SMILES string of the molecule is Cc1ccc(C(N)Cc2nc(-c3cccnc3)cs2)cc1. The largest absolute Gasteiger partial charge is 0.324 e. The van der Waals surface area contributed by atoms with Crippen LogP contribution < -0.4 is 5.73 Å². The molecule has 0 saturated heterocycles. The summed E-state index contributed by atoms with van der Waals surface area (Å²) in [5, 5.41) is 3.12. The van der Waals surface area contributed by atoms with Crippen LogP contribution in [0.15, 0.2) is 54.2 Å². The van der Waals surface area contributed by atoms with Crippen LogP contribution in [-0.4, -0.2) is 9.97 Å². The van der Waals surface area contributed by atoms with Crippen LogP contribution in [0.25, 0.3) is 11.3 Å². The lowest BCUT2D eigenvalue weighted by atomic mass is 10.0. The molecule has 3 aromatic rings. The molecule has 21 heavy (non-hydrogen) atoms. The Morgan fingerprint density at radius 2 is 2.00 bits per heavy atom. The highest BCUT2D eigenvalue weighted by molar-refractivity contribution is 7.09. The molecule has 1 unspecified atom stereocenters. The fourth-order valence-electron chi connectivity index (χ4n) is 2.17. The molecule has 4 heteroatoms. The van der Waals surface area contributed by atoms with E-state index in [1.807, 2.05) is 18.3 Å². The molecular weight excluding hydrogens is 278 g/mol. The quantitative estimate of drug-likeness (QED) is 0.797. The molecule has 0 bridgehead atoms. The molecule has 1 aromatic carbocycles. The summed E-state index contributed by atoms with van der Waals surface area (Å²) < 4.78 is 0. The van der Waals surface area contributed by atoms with Crippen LogP contribution >= 0.6 is 11.3 Å². The minimum absolute atomic E-state index is 0.0153. The first-order chi connectivity index (χ1) is 10.2. The molecule has 0 aliphatic heterocycles. The first-order valence-electron chi connectivity index (χ1n) is 6.89. The van der Waals surface area contributed by atoms with Crippen LogP contribution in [0.2, 0.25) is 0 Å². The monoisotopic (exact) mass is 295 g/mol. The third-order valence-electron chi connectivity index (χ3n) is 3.41. The topological polar surface area (TPSA) is 51.8 Å². The fraction of sp³-hybridized carbons (Fsp3) is 0.176. The molecule has 0 radical (unpaired) electrons. The molecule has 0 saturated carbocycles. The second-order valence-electron chi connectivity index (χ2n) is 5.09. The number of hydrogen-bond donors (Lipinski definition) is 1. The Balaban J connectivity index is 1.74. The molecule has 106 valence electrons. The molecule has 3 rings (SSSR count). The van der Waals surface area contributed by atoms with E-state index in [0.29, 0.717) is 0 Å². The van der Waals surface area contributed by atoms with Crippen molar-refractivity contribution < 1.29 is 0 Å². The number of aryl methyl sites for hydroxylation is 1. The van der Waals surface area contributed by atoms with Gasteiger partial charge in [0.2, 0.25) is 0 Å². The highest BCUT2D eigenvalue weighted by Gasteiger charge is 2.11. The zero-order chi connectivity index (χ0) is 14.7. The van der Waals surface area contributed by atoms with Gasteiger partial charge in [-0.2, -0.15) is 0 Å². The minimum atomic E-state index is -0.0153. The van der Waals surface area contributed by atoms with Crippen molar-refractivity contribution in [1.82, 2.24) is 9.97 Å². The van der Waals surface area contributed by atoms with Crippen molar-refractivity contribution >= 4 is 11.3 Å². The Bertz CT molecular complexity index is 704. The highest BCUT2D eigenvalue weighted by Crippen LogP contribution is 2.24. The van der Waals surface area contributed by atoms with Crippen molar-refractivity contribution in [2.24, 2.45) is 5.73 Å². The molecule has 0 fully saturated rings. The van der Waals surface area contributed by atoms with Crippen LogP contribution in [0.5, 0.6) is 0 Å². The van der Waals surface area contributed by atoms with Gasteiger partial charge in [0.1, 0.15) is 0 Å². The molecule has 0 spiro atoms. The molecule has 0 aliphatic carbocycles. The smallest absolute Gasteiger partial charge is 0.0951 e. The lowest BCUT2D eigenvalue weighted by molar-refractivity contribution is 0.718. The number of pyridine rings is 1. The third-order valence-corrected chi connectivity index (χ3v) is 4.28. The van der Waals surface area contributed by atoms with E-state index in [2.05, 4.69) is 46.5 Å². The zero-order valence-corrected chi connectivity index (χ0v) is 12.7. The Kier molecular flexibility index (Phi) is 4.08. The van der Waals surface area contributed by atoms with Gasteiger partial charge < -0.3 is 5.73 Å². The first-order valence-corrected chi connectivity index (χ1v) is 7.77. The highest BCUT2D eigenvalue weighted by atomic mass is 32.1. The van der Waals surface area contributed by atoms with E-state index >= 15 is 0 Å². The summed E-state index contributed by atoms with van der Waals surface area (Å²) in [6.07, 6.45) is 4.36. The molecule has 2 aromatic heterocycles. The van der Waals surface area contributed by atoms with Crippen molar-refractivity contribution in [1.29, 1.82) is 0 Å².